The minimum Gasteiger partial charge on any atom is -0.507 e. The van der Waals surface area contributed by atoms with Gasteiger partial charge in [-0.3, -0.25) is 0 Å². The number of aromatic nitrogens is 2. The smallest absolute Gasteiger partial charge is 0.256 e. The molecule has 1 aliphatic carbocycles. The summed E-state index contributed by atoms with van der Waals surface area (Å²) >= 11 is 0. The van der Waals surface area contributed by atoms with Crippen molar-refractivity contribution in [2.45, 2.75) is 31.9 Å². The van der Waals surface area contributed by atoms with Gasteiger partial charge in [0.2, 0.25) is 0 Å². The van der Waals surface area contributed by atoms with Crippen LogP contribution in [0.1, 0.15) is 24.0 Å². The van der Waals surface area contributed by atoms with Crippen molar-refractivity contribution in [1.82, 2.24) is 9.19 Å². The van der Waals surface area contributed by atoms with Crippen molar-refractivity contribution < 1.29 is 13.5 Å². The quantitative estimate of drug-likeness (QED) is 0.941. The third kappa shape index (κ3) is 2.10. The standard InChI is InChI=1S/C14H16N2O3S/c1-9-5-11(6-10(2)14(9)17)12-7-15-16(8-12)20(18,19)13-3-4-13/h5-8,13,17H,3-4H2,1-2H3. The molecular formula is C14H16N2O3S. The fourth-order valence-corrected chi connectivity index (χ4v) is 3.71. The first-order chi connectivity index (χ1) is 9.39. The summed E-state index contributed by atoms with van der Waals surface area (Å²) < 4.78 is 25.2. The zero-order chi connectivity index (χ0) is 14.5. The number of aryl methyl sites for hydroxylation is 2. The van der Waals surface area contributed by atoms with Gasteiger partial charge in [0.15, 0.2) is 0 Å². The Morgan fingerprint density at radius 1 is 1.20 bits per heavy atom. The molecule has 106 valence electrons. The zero-order valence-corrected chi connectivity index (χ0v) is 12.2. The van der Waals surface area contributed by atoms with Gasteiger partial charge in [0.1, 0.15) is 5.75 Å². The molecule has 0 radical (unpaired) electrons. The maximum atomic E-state index is 12.1. The minimum absolute atomic E-state index is 0.270. The second-order valence-electron chi connectivity index (χ2n) is 5.30. The maximum absolute atomic E-state index is 12.1. The third-order valence-electron chi connectivity index (χ3n) is 3.59. The van der Waals surface area contributed by atoms with Crippen LogP contribution >= 0.6 is 0 Å². The number of phenolic OH excluding ortho intramolecular Hbond substituents is 1. The molecule has 1 aliphatic rings. The summed E-state index contributed by atoms with van der Waals surface area (Å²) in [6.45, 7) is 3.63. The molecule has 0 saturated heterocycles. The van der Waals surface area contributed by atoms with Gasteiger partial charge in [0, 0.05) is 5.56 Å². The normalized spacial score (nSPS) is 15.5. The number of aromatic hydroxyl groups is 1. The largest absolute Gasteiger partial charge is 0.507 e. The molecule has 0 unspecified atom stereocenters. The lowest BCUT2D eigenvalue weighted by atomic mass is 10.0. The van der Waals surface area contributed by atoms with E-state index in [0.717, 1.165) is 39.2 Å². The van der Waals surface area contributed by atoms with E-state index in [2.05, 4.69) is 5.10 Å². The molecule has 2 aromatic rings. The van der Waals surface area contributed by atoms with Crippen molar-refractivity contribution in [2.75, 3.05) is 0 Å². The van der Waals surface area contributed by atoms with Gasteiger partial charge in [-0.15, -0.1) is 0 Å². The number of hydrogen-bond acceptors (Lipinski definition) is 4. The SMILES string of the molecule is Cc1cc(-c2cnn(S(=O)(=O)C3CC3)c2)cc(C)c1O. The van der Waals surface area contributed by atoms with E-state index in [1.807, 2.05) is 26.0 Å². The summed E-state index contributed by atoms with van der Waals surface area (Å²) in [6, 6.07) is 3.65. The van der Waals surface area contributed by atoms with Crippen LogP contribution in [0.5, 0.6) is 5.75 Å². The van der Waals surface area contributed by atoms with Crippen molar-refractivity contribution in [1.29, 1.82) is 0 Å². The maximum Gasteiger partial charge on any atom is 0.256 e. The monoisotopic (exact) mass is 292 g/mol. The van der Waals surface area contributed by atoms with E-state index >= 15 is 0 Å². The van der Waals surface area contributed by atoms with E-state index in [-0.39, 0.29) is 11.0 Å². The van der Waals surface area contributed by atoms with Crippen LogP contribution in [0.2, 0.25) is 0 Å². The Balaban J connectivity index is 2.02. The van der Waals surface area contributed by atoms with E-state index in [4.69, 9.17) is 0 Å². The van der Waals surface area contributed by atoms with Crippen molar-refractivity contribution in [2.24, 2.45) is 0 Å². The van der Waals surface area contributed by atoms with Gasteiger partial charge in [-0.25, -0.2) is 8.42 Å². The van der Waals surface area contributed by atoms with E-state index in [1.54, 1.807) is 12.4 Å². The lowest BCUT2D eigenvalue weighted by Gasteiger charge is -2.06. The molecule has 1 heterocycles. The number of nitrogens with zero attached hydrogens (tertiary/aromatic N) is 2. The van der Waals surface area contributed by atoms with Crippen molar-refractivity contribution in [3.8, 4) is 16.9 Å². The molecule has 0 bridgehead atoms. The third-order valence-corrected chi connectivity index (χ3v) is 5.63. The fourth-order valence-electron chi connectivity index (χ4n) is 2.23. The van der Waals surface area contributed by atoms with Gasteiger partial charge >= 0.3 is 0 Å². The molecule has 20 heavy (non-hydrogen) atoms. The molecule has 0 atom stereocenters. The van der Waals surface area contributed by atoms with Crippen molar-refractivity contribution in [3.05, 3.63) is 35.7 Å². The predicted molar refractivity (Wildman–Crippen MR) is 76.1 cm³/mol. The van der Waals surface area contributed by atoms with Crippen LogP contribution in [0.15, 0.2) is 24.5 Å². The highest BCUT2D eigenvalue weighted by molar-refractivity contribution is 7.90. The second-order valence-corrected chi connectivity index (χ2v) is 7.38. The Bertz CT molecular complexity index is 750. The highest BCUT2D eigenvalue weighted by Crippen LogP contribution is 2.32. The highest BCUT2D eigenvalue weighted by Gasteiger charge is 2.37. The fraction of sp³-hybridized carbons (Fsp3) is 0.357. The summed E-state index contributed by atoms with van der Waals surface area (Å²) in [5.74, 6) is 0.270. The summed E-state index contributed by atoms with van der Waals surface area (Å²) in [6.07, 6.45) is 4.52. The van der Waals surface area contributed by atoms with Crippen molar-refractivity contribution in [3.63, 3.8) is 0 Å². The molecule has 0 aliphatic heterocycles. The van der Waals surface area contributed by atoms with Gasteiger partial charge in [0.25, 0.3) is 10.0 Å². The first kappa shape index (κ1) is 13.2. The van der Waals surface area contributed by atoms with Crippen LogP contribution in [-0.4, -0.2) is 28.0 Å². The molecule has 1 aromatic carbocycles. The second kappa shape index (κ2) is 4.34. The molecule has 0 amide bonds. The van der Waals surface area contributed by atoms with Crippen LogP contribution in [0, 0.1) is 13.8 Å². The lowest BCUT2D eigenvalue weighted by Crippen LogP contribution is -2.17. The van der Waals surface area contributed by atoms with Gasteiger partial charge < -0.3 is 5.11 Å². The average Bonchev–Trinajstić information content (AvgIpc) is 3.13. The lowest BCUT2D eigenvalue weighted by molar-refractivity contribution is 0.467. The van der Waals surface area contributed by atoms with Crippen LogP contribution in [-0.2, 0) is 10.0 Å². The van der Waals surface area contributed by atoms with Crippen LogP contribution in [0.25, 0.3) is 11.1 Å². The number of phenols is 1. The van der Waals surface area contributed by atoms with Crippen LogP contribution < -0.4 is 0 Å². The summed E-state index contributed by atoms with van der Waals surface area (Å²) in [7, 11) is -3.33. The molecule has 1 saturated carbocycles. The topological polar surface area (TPSA) is 72.2 Å². The van der Waals surface area contributed by atoms with Gasteiger partial charge in [-0.2, -0.15) is 9.19 Å². The molecule has 0 spiro atoms. The molecule has 1 aromatic heterocycles. The Kier molecular flexibility index (Phi) is 2.86. The van der Waals surface area contributed by atoms with Gasteiger partial charge in [0.05, 0.1) is 17.6 Å². The van der Waals surface area contributed by atoms with E-state index < -0.39 is 10.0 Å². The molecule has 6 heteroatoms. The molecular weight excluding hydrogens is 276 g/mol. The summed E-state index contributed by atoms with van der Waals surface area (Å²) in [5.41, 5.74) is 3.12. The van der Waals surface area contributed by atoms with Gasteiger partial charge in [-0.1, -0.05) is 0 Å². The highest BCUT2D eigenvalue weighted by atomic mass is 32.2. The first-order valence-corrected chi connectivity index (χ1v) is 7.99. The molecule has 5 nitrogen and oxygen atoms in total. The van der Waals surface area contributed by atoms with E-state index in [9.17, 15) is 13.5 Å². The van der Waals surface area contributed by atoms with E-state index in [1.165, 1.54) is 0 Å². The molecule has 1 N–H and O–H groups in total. The number of rotatable bonds is 3. The average molecular weight is 292 g/mol. The zero-order valence-electron chi connectivity index (χ0n) is 11.4. The summed E-state index contributed by atoms with van der Waals surface area (Å²) in [4.78, 5) is 0. The van der Waals surface area contributed by atoms with Crippen molar-refractivity contribution >= 4 is 10.0 Å². The Morgan fingerprint density at radius 2 is 1.80 bits per heavy atom. The Morgan fingerprint density at radius 3 is 2.35 bits per heavy atom. The number of hydrogen-bond donors (Lipinski definition) is 1. The van der Waals surface area contributed by atoms with E-state index in [0.29, 0.717) is 0 Å². The summed E-state index contributed by atoms with van der Waals surface area (Å²) in [5, 5.41) is 13.5. The Hall–Kier alpha value is -1.82. The number of benzene rings is 1. The predicted octanol–water partition coefficient (Wildman–Crippen LogP) is 2.21. The first-order valence-electron chi connectivity index (χ1n) is 6.49. The van der Waals surface area contributed by atoms with Crippen LogP contribution in [0.4, 0.5) is 0 Å². The van der Waals surface area contributed by atoms with Gasteiger partial charge in [-0.05, 0) is 55.5 Å². The Labute approximate surface area is 117 Å². The minimum atomic E-state index is -3.33. The van der Waals surface area contributed by atoms with Crippen LogP contribution in [0.3, 0.4) is 0 Å². The molecule has 1 fully saturated rings. The molecule has 3 rings (SSSR count).